The van der Waals surface area contributed by atoms with Crippen molar-refractivity contribution in [2.24, 2.45) is 5.10 Å². The van der Waals surface area contributed by atoms with E-state index in [-0.39, 0.29) is 17.2 Å². The number of ether oxygens (including phenoxy) is 5. The Morgan fingerprint density at radius 1 is 0.879 bits per heavy atom. The van der Waals surface area contributed by atoms with E-state index in [1.54, 1.807) is 18.2 Å². The van der Waals surface area contributed by atoms with Crippen molar-refractivity contribution >= 4 is 18.1 Å². The van der Waals surface area contributed by atoms with Crippen molar-refractivity contribution < 1.29 is 33.3 Å². The summed E-state index contributed by atoms with van der Waals surface area (Å²) in [4.78, 5) is 24.5. The van der Waals surface area contributed by atoms with Crippen LogP contribution in [0.15, 0.2) is 35.4 Å². The molecule has 0 atom stereocenters. The predicted octanol–water partition coefficient (Wildman–Crippen LogP) is 3.97. The molecule has 0 radical (unpaired) electrons. The van der Waals surface area contributed by atoms with Crippen LogP contribution in [0, 0.1) is 0 Å². The largest absolute Gasteiger partial charge is 0.493 e. The number of benzene rings is 2. The molecule has 0 aliphatic heterocycles. The van der Waals surface area contributed by atoms with Gasteiger partial charge in [-0.05, 0) is 42.3 Å². The number of methoxy groups -OCH3 is 4. The van der Waals surface area contributed by atoms with Crippen molar-refractivity contribution in [3.63, 3.8) is 0 Å². The van der Waals surface area contributed by atoms with E-state index in [9.17, 15) is 9.59 Å². The SMILES string of the molecule is CCCCCC(=O)NN=Cc1ccc(OC(=O)c2cc(OC)c(OC)c(OC)c2)c(OC)c1. The van der Waals surface area contributed by atoms with Crippen LogP contribution in [-0.2, 0) is 4.79 Å². The van der Waals surface area contributed by atoms with E-state index < -0.39 is 5.97 Å². The third-order valence-corrected chi connectivity index (χ3v) is 4.70. The topological polar surface area (TPSA) is 105 Å². The Bertz CT molecular complexity index is 964. The Kier molecular flexibility index (Phi) is 10.0. The fourth-order valence-electron chi connectivity index (χ4n) is 2.98. The molecule has 0 aromatic heterocycles. The second-order valence-electron chi connectivity index (χ2n) is 6.96. The summed E-state index contributed by atoms with van der Waals surface area (Å²) in [6, 6.07) is 7.91. The van der Waals surface area contributed by atoms with Crippen LogP contribution < -0.4 is 29.1 Å². The van der Waals surface area contributed by atoms with Gasteiger partial charge in [0.05, 0.1) is 40.2 Å². The van der Waals surface area contributed by atoms with E-state index in [1.807, 2.05) is 0 Å². The maximum Gasteiger partial charge on any atom is 0.343 e. The van der Waals surface area contributed by atoms with Crippen molar-refractivity contribution in [2.75, 3.05) is 28.4 Å². The van der Waals surface area contributed by atoms with Gasteiger partial charge in [-0.2, -0.15) is 5.10 Å². The highest BCUT2D eigenvalue weighted by Gasteiger charge is 2.19. The molecular formula is C24H30N2O7. The number of amides is 1. The highest BCUT2D eigenvalue weighted by molar-refractivity contribution is 5.93. The van der Waals surface area contributed by atoms with Gasteiger partial charge in [-0.15, -0.1) is 0 Å². The summed E-state index contributed by atoms with van der Waals surface area (Å²) in [7, 11) is 5.86. The van der Waals surface area contributed by atoms with Gasteiger partial charge in [0.15, 0.2) is 23.0 Å². The summed E-state index contributed by atoms with van der Waals surface area (Å²) in [5, 5.41) is 3.96. The number of esters is 1. The van der Waals surface area contributed by atoms with Gasteiger partial charge in [-0.1, -0.05) is 19.8 Å². The van der Waals surface area contributed by atoms with Crippen LogP contribution in [-0.4, -0.2) is 46.5 Å². The number of carbonyl (C=O) groups excluding carboxylic acids is 2. The lowest BCUT2D eigenvalue weighted by Crippen LogP contribution is -2.16. The number of nitrogens with one attached hydrogen (secondary N) is 1. The molecule has 2 rings (SSSR count). The molecule has 0 aliphatic rings. The Morgan fingerprint density at radius 2 is 1.55 bits per heavy atom. The second kappa shape index (κ2) is 12.9. The van der Waals surface area contributed by atoms with E-state index in [0.29, 0.717) is 35.0 Å². The third-order valence-electron chi connectivity index (χ3n) is 4.70. The number of carbonyl (C=O) groups is 2. The number of hydrazone groups is 1. The van der Waals surface area contributed by atoms with E-state index in [4.69, 9.17) is 23.7 Å². The van der Waals surface area contributed by atoms with Gasteiger partial charge < -0.3 is 23.7 Å². The van der Waals surface area contributed by atoms with E-state index in [2.05, 4.69) is 17.5 Å². The van der Waals surface area contributed by atoms with Crippen LogP contribution in [0.25, 0.3) is 0 Å². The molecule has 0 unspecified atom stereocenters. The van der Waals surface area contributed by atoms with E-state index in [0.717, 1.165) is 19.3 Å². The first-order chi connectivity index (χ1) is 16.0. The average Bonchev–Trinajstić information content (AvgIpc) is 2.83. The minimum absolute atomic E-state index is 0.137. The minimum atomic E-state index is -0.631. The first kappa shape index (κ1) is 25.5. The number of unbranched alkanes of at least 4 members (excludes halogenated alkanes) is 2. The molecule has 9 nitrogen and oxygen atoms in total. The molecule has 0 heterocycles. The zero-order chi connectivity index (χ0) is 24.2. The molecule has 1 amide bonds. The molecule has 2 aromatic rings. The van der Waals surface area contributed by atoms with Crippen molar-refractivity contribution in [2.45, 2.75) is 32.6 Å². The molecule has 0 bridgehead atoms. The Morgan fingerprint density at radius 3 is 2.12 bits per heavy atom. The van der Waals surface area contributed by atoms with Crippen molar-refractivity contribution in [1.82, 2.24) is 5.43 Å². The highest BCUT2D eigenvalue weighted by atomic mass is 16.6. The highest BCUT2D eigenvalue weighted by Crippen LogP contribution is 2.38. The normalized spacial score (nSPS) is 10.6. The summed E-state index contributed by atoms with van der Waals surface area (Å²) < 4.78 is 26.7. The molecule has 2 aromatic carbocycles. The molecule has 1 N–H and O–H groups in total. The number of rotatable bonds is 12. The fraction of sp³-hybridized carbons (Fsp3) is 0.375. The van der Waals surface area contributed by atoms with E-state index in [1.165, 1.54) is 46.8 Å². The van der Waals surface area contributed by atoms with Gasteiger partial charge in [0, 0.05) is 6.42 Å². The van der Waals surface area contributed by atoms with Gasteiger partial charge in [0.25, 0.3) is 0 Å². The molecular weight excluding hydrogens is 428 g/mol. The Balaban J connectivity index is 2.13. The van der Waals surface area contributed by atoms with Crippen LogP contribution in [0.3, 0.4) is 0 Å². The number of hydrogen-bond donors (Lipinski definition) is 1. The molecule has 0 fully saturated rings. The van der Waals surface area contributed by atoms with Gasteiger partial charge >= 0.3 is 5.97 Å². The van der Waals surface area contributed by atoms with Crippen molar-refractivity contribution in [3.8, 4) is 28.7 Å². The molecule has 0 saturated heterocycles. The van der Waals surface area contributed by atoms with Gasteiger partial charge in [-0.25, -0.2) is 10.2 Å². The average molecular weight is 459 g/mol. The van der Waals surface area contributed by atoms with Crippen molar-refractivity contribution in [1.29, 1.82) is 0 Å². The molecule has 33 heavy (non-hydrogen) atoms. The zero-order valence-electron chi connectivity index (χ0n) is 19.6. The fourth-order valence-corrected chi connectivity index (χ4v) is 2.98. The maximum atomic E-state index is 12.8. The zero-order valence-corrected chi connectivity index (χ0v) is 19.6. The molecule has 178 valence electrons. The quantitative estimate of drug-likeness (QED) is 0.169. The first-order valence-electron chi connectivity index (χ1n) is 10.5. The lowest BCUT2D eigenvalue weighted by molar-refractivity contribution is -0.121. The van der Waals surface area contributed by atoms with Crippen LogP contribution >= 0.6 is 0 Å². The van der Waals surface area contributed by atoms with Crippen LogP contribution in [0.1, 0.15) is 48.5 Å². The summed E-state index contributed by atoms with van der Waals surface area (Å²) >= 11 is 0. The first-order valence-corrected chi connectivity index (χ1v) is 10.5. The summed E-state index contributed by atoms with van der Waals surface area (Å²) in [6.45, 7) is 2.08. The lowest BCUT2D eigenvalue weighted by atomic mass is 10.1. The minimum Gasteiger partial charge on any atom is -0.493 e. The predicted molar refractivity (Wildman–Crippen MR) is 124 cm³/mol. The number of hydrogen-bond acceptors (Lipinski definition) is 8. The van der Waals surface area contributed by atoms with Gasteiger partial charge in [0.2, 0.25) is 11.7 Å². The summed E-state index contributed by atoms with van der Waals surface area (Å²) in [6.07, 6.45) is 4.81. The summed E-state index contributed by atoms with van der Waals surface area (Å²) in [5.74, 6) is 0.815. The smallest absolute Gasteiger partial charge is 0.343 e. The summed E-state index contributed by atoms with van der Waals surface area (Å²) in [5.41, 5.74) is 3.37. The van der Waals surface area contributed by atoms with Gasteiger partial charge in [-0.3, -0.25) is 4.79 Å². The monoisotopic (exact) mass is 458 g/mol. The maximum absolute atomic E-state index is 12.8. The lowest BCUT2D eigenvalue weighted by Gasteiger charge is -2.14. The third kappa shape index (κ3) is 7.13. The molecule has 0 aliphatic carbocycles. The molecule has 9 heteroatoms. The van der Waals surface area contributed by atoms with Gasteiger partial charge in [0.1, 0.15) is 0 Å². The van der Waals surface area contributed by atoms with Crippen LogP contribution in [0.4, 0.5) is 0 Å². The Hall–Kier alpha value is -3.75. The number of nitrogens with zero attached hydrogens (tertiary/aromatic N) is 1. The molecule has 0 saturated carbocycles. The standard InChI is InChI=1S/C24H30N2O7/c1-6-7-8-9-22(27)26-25-15-16-10-11-18(19(12-16)29-2)33-24(28)17-13-20(30-3)23(32-5)21(14-17)31-4/h10-15H,6-9H2,1-5H3,(H,26,27). The van der Waals surface area contributed by atoms with Crippen LogP contribution in [0.2, 0.25) is 0 Å². The Labute approximate surface area is 193 Å². The molecule has 0 spiro atoms. The van der Waals surface area contributed by atoms with Crippen LogP contribution in [0.5, 0.6) is 28.7 Å². The second-order valence-corrected chi connectivity index (χ2v) is 6.96. The van der Waals surface area contributed by atoms with E-state index >= 15 is 0 Å². The van der Waals surface area contributed by atoms with Crippen molar-refractivity contribution in [3.05, 3.63) is 41.5 Å².